The molecule has 2 fully saturated rings. The number of rotatable bonds is 6. The van der Waals surface area contributed by atoms with Gasteiger partial charge in [-0.2, -0.15) is 0 Å². The molecule has 8 heteroatoms. The van der Waals surface area contributed by atoms with E-state index in [0.29, 0.717) is 24.7 Å². The SMILES string of the molecule is CC(C)[C@H](NC(=O)N1CCN(c2ccc(Cl)cc2)CC1)C(=O)NCC1CCCO1. The van der Waals surface area contributed by atoms with E-state index in [-0.39, 0.29) is 24.0 Å². The van der Waals surface area contributed by atoms with Gasteiger partial charge >= 0.3 is 6.03 Å². The number of urea groups is 1. The van der Waals surface area contributed by atoms with E-state index in [0.717, 1.165) is 38.2 Å². The van der Waals surface area contributed by atoms with Crippen molar-refractivity contribution in [2.24, 2.45) is 5.92 Å². The lowest BCUT2D eigenvalue weighted by molar-refractivity contribution is -0.124. The maximum Gasteiger partial charge on any atom is 0.318 e. The number of nitrogens with one attached hydrogen (secondary N) is 2. The molecule has 160 valence electrons. The van der Waals surface area contributed by atoms with Crippen LogP contribution in [0.15, 0.2) is 24.3 Å². The van der Waals surface area contributed by atoms with E-state index in [1.165, 1.54) is 0 Å². The number of carbonyl (C=O) groups excluding carboxylic acids is 2. The van der Waals surface area contributed by atoms with E-state index in [9.17, 15) is 9.59 Å². The summed E-state index contributed by atoms with van der Waals surface area (Å²) in [6, 6.07) is 6.98. The summed E-state index contributed by atoms with van der Waals surface area (Å²) in [6.45, 7) is 7.83. The molecule has 7 nitrogen and oxygen atoms in total. The number of amides is 3. The van der Waals surface area contributed by atoms with Crippen molar-refractivity contribution >= 4 is 29.2 Å². The smallest absolute Gasteiger partial charge is 0.318 e. The number of anilines is 1. The number of carbonyl (C=O) groups is 2. The Balaban J connectivity index is 1.48. The van der Waals surface area contributed by atoms with Crippen molar-refractivity contribution in [3.05, 3.63) is 29.3 Å². The van der Waals surface area contributed by atoms with Crippen molar-refractivity contribution in [2.45, 2.75) is 38.8 Å². The Kier molecular flexibility index (Phi) is 7.61. The summed E-state index contributed by atoms with van der Waals surface area (Å²) < 4.78 is 5.55. The van der Waals surface area contributed by atoms with Crippen LogP contribution in [0.3, 0.4) is 0 Å². The highest BCUT2D eigenvalue weighted by Gasteiger charge is 2.29. The Morgan fingerprint density at radius 1 is 1.17 bits per heavy atom. The van der Waals surface area contributed by atoms with Crippen LogP contribution in [-0.4, -0.2) is 68.3 Å². The van der Waals surface area contributed by atoms with Crippen molar-refractivity contribution < 1.29 is 14.3 Å². The van der Waals surface area contributed by atoms with Crippen molar-refractivity contribution in [1.82, 2.24) is 15.5 Å². The van der Waals surface area contributed by atoms with Gasteiger partial charge in [0.25, 0.3) is 0 Å². The van der Waals surface area contributed by atoms with Crippen LogP contribution in [0.1, 0.15) is 26.7 Å². The Hall–Kier alpha value is -1.99. The maximum atomic E-state index is 12.7. The molecule has 2 saturated heterocycles. The molecular formula is C21H31ClN4O3. The number of ether oxygens (including phenoxy) is 1. The van der Waals surface area contributed by atoms with Crippen LogP contribution in [0, 0.1) is 5.92 Å². The first-order valence-corrected chi connectivity index (χ1v) is 10.8. The summed E-state index contributed by atoms with van der Waals surface area (Å²) in [7, 11) is 0. The molecule has 29 heavy (non-hydrogen) atoms. The number of benzene rings is 1. The second-order valence-electron chi connectivity index (χ2n) is 8.00. The van der Waals surface area contributed by atoms with Crippen molar-refractivity contribution in [3.8, 4) is 0 Å². The molecule has 0 aliphatic carbocycles. The van der Waals surface area contributed by atoms with Gasteiger partial charge in [0.1, 0.15) is 6.04 Å². The fraction of sp³-hybridized carbons (Fsp3) is 0.619. The van der Waals surface area contributed by atoms with E-state index in [4.69, 9.17) is 16.3 Å². The third kappa shape index (κ3) is 6.00. The third-order valence-electron chi connectivity index (χ3n) is 5.51. The predicted molar refractivity (Wildman–Crippen MR) is 114 cm³/mol. The van der Waals surface area contributed by atoms with Crippen molar-refractivity contribution in [2.75, 3.05) is 44.2 Å². The van der Waals surface area contributed by atoms with Gasteiger partial charge in [0.2, 0.25) is 5.91 Å². The van der Waals surface area contributed by atoms with E-state index in [2.05, 4.69) is 15.5 Å². The lowest BCUT2D eigenvalue weighted by Crippen LogP contribution is -2.57. The minimum Gasteiger partial charge on any atom is -0.376 e. The van der Waals surface area contributed by atoms with Crippen molar-refractivity contribution in [3.63, 3.8) is 0 Å². The monoisotopic (exact) mass is 422 g/mol. The maximum absolute atomic E-state index is 12.7. The normalized spacial score (nSPS) is 20.6. The van der Waals surface area contributed by atoms with Crippen LogP contribution in [0.4, 0.5) is 10.5 Å². The van der Waals surface area contributed by atoms with E-state index in [1.807, 2.05) is 38.1 Å². The number of hydrogen-bond acceptors (Lipinski definition) is 4. The van der Waals surface area contributed by atoms with Gasteiger partial charge < -0.3 is 25.2 Å². The highest BCUT2D eigenvalue weighted by atomic mass is 35.5. The molecule has 0 bridgehead atoms. The number of nitrogens with zero attached hydrogens (tertiary/aromatic N) is 2. The van der Waals surface area contributed by atoms with E-state index >= 15 is 0 Å². The molecule has 1 aromatic rings. The first-order chi connectivity index (χ1) is 13.9. The number of piperazine rings is 1. The molecule has 3 rings (SSSR count). The largest absolute Gasteiger partial charge is 0.376 e. The van der Waals surface area contributed by atoms with Gasteiger partial charge in [-0.3, -0.25) is 4.79 Å². The fourth-order valence-electron chi connectivity index (χ4n) is 3.71. The van der Waals surface area contributed by atoms with Gasteiger partial charge in [-0.05, 0) is 43.0 Å². The zero-order chi connectivity index (χ0) is 20.8. The van der Waals surface area contributed by atoms with Crippen LogP contribution in [-0.2, 0) is 9.53 Å². The van der Waals surface area contributed by atoms with Gasteiger partial charge in [0.05, 0.1) is 6.10 Å². The topological polar surface area (TPSA) is 73.9 Å². The summed E-state index contributed by atoms with van der Waals surface area (Å²) in [6.07, 6.45) is 2.09. The fourth-order valence-corrected chi connectivity index (χ4v) is 3.83. The summed E-state index contributed by atoms with van der Waals surface area (Å²) in [5, 5.41) is 6.57. The Morgan fingerprint density at radius 2 is 1.86 bits per heavy atom. The van der Waals surface area contributed by atoms with Crippen LogP contribution in [0.2, 0.25) is 5.02 Å². The number of hydrogen-bond donors (Lipinski definition) is 2. The van der Waals surface area contributed by atoms with E-state index < -0.39 is 6.04 Å². The van der Waals surface area contributed by atoms with Gasteiger partial charge in [-0.1, -0.05) is 25.4 Å². The molecule has 2 atom stereocenters. The molecule has 2 aliphatic rings. The molecule has 2 N–H and O–H groups in total. The number of halogens is 1. The quantitative estimate of drug-likeness (QED) is 0.738. The molecule has 1 aromatic carbocycles. The molecule has 0 spiro atoms. The molecule has 0 saturated carbocycles. The average Bonchev–Trinajstić information content (AvgIpc) is 3.24. The lowest BCUT2D eigenvalue weighted by Gasteiger charge is -2.37. The van der Waals surface area contributed by atoms with Gasteiger partial charge in [0.15, 0.2) is 0 Å². The molecule has 0 radical (unpaired) electrons. The van der Waals surface area contributed by atoms with E-state index in [1.54, 1.807) is 4.90 Å². The lowest BCUT2D eigenvalue weighted by atomic mass is 10.0. The highest BCUT2D eigenvalue weighted by molar-refractivity contribution is 6.30. The average molecular weight is 423 g/mol. The Labute approximate surface area is 177 Å². The second kappa shape index (κ2) is 10.2. The minimum atomic E-state index is -0.557. The highest BCUT2D eigenvalue weighted by Crippen LogP contribution is 2.19. The second-order valence-corrected chi connectivity index (χ2v) is 8.44. The summed E-state index contributed by atoms with van der Waals surface area (Å²) in [4.78, 5) is 29.3. The summed E-state index contributed by atoms with van der Waals surface area (Å²) >= 11 is 5.95. The zero-order valence-electron chi connectivity index (χ0n) is 17.2. The Bertz CT molecular complexity index is 684. The summed E-state index contributed by atoms with van der Waals surface area (Å²) in [5.41, 5.74) is 1.10. The summed E-state index contributed by atoms with van der Waals surface area (Å²) in [5.74, 6) is -0.151. The van der Waals surface area contributed by atoms with Crippen LogP contribution < -0.4 is 15.5 Å². The zero-order valence-corrected chi connectivity index (χ0v) is 18.0. The van der Waals surface area contributed by atoms with Gasteiger partial charge in [-0.15, -0.1) is 0 Å². The van der Waals surface area contributed by atoms with Crippen LogP contribution in [0.5, 0.6) is 0 Å². The van der Waals surface area contributed by atoms with Gasteiger partial charge in [-0.25, -0.2) is 4.79 Å². The molecule has 1 unspecified atom stereocenters. The molecule has 2 aliphatic heterocycles. The van der Waals surface area contributed by atoms with Gasteiger partial charge in [0, 0.05) is 50.0 Å². The van der Waals surface area contributed by atoms with Crippen LogP contribution in [0.25, 0.3) is 0 Å². The molecular weight excluding hydrogens is 392 g/mol. The Morgan fingerprint density at radius 3 is 2.45 bits per heavy atom. The van der Waals surface area contributed by atoms with Crippen LogP contribution >= 0.6 is 11.6 Å². The predicted octanol–water partition coefficient (Wildman–Crippen LogP) is 2.49. The molecule has 3 amide bonds. The minimum absolute atomic E-state index is 0.00111. The third-order valence-corrected chi connectivity index (χ3v) is 5.77. The first-order valence-electron chi connectivity index (χ1n) is 10.4. The standard InChI is InChI=1S/C21H31ClN4O3/c1-15(2)19(20(27)23-14-18-4-3-13-29-18)24-21(28)26-11-9-25(10-12-26)17-7-5-16(22)6-8-17/h5-8,15,18-19H,3-4,9-14H2,1-2H3,(H,23,27)(H,24,28)/t18?,19-/m0/s1. The molecule has 0 aromatic heterocycles. The first kappa shape index (κ1) is 21.7. The van der Waals surface area contributed by atoms with Crippen molar-refractivity contribution in [1.29, 1.82) is 0 Å². The molecule has 2 heterocycles.